The molecule has 12 N–H and O–H groups in total. The van der Waals surface area contributed by atoms with Gasteiger partial charge in [0, 0.05) is 150 Å². The Morgan fingerprint density at radius 1 is 0.435 bits per heavy atom. The lowest BCUT2D eigenvalue weighted by atomic mass is 10.0. The van der Waals surface area contributed by atoms with Crippen LogP contribution >= 0.6 is 34.8 Å². The number of ketones is 3. The summed E-state index contributed by atoms with van der Waals surface area (Å²) in [5, 5.41) is 7.19. The number of aromatic nitrogens is 4. The number of fused-ring (bicyclic) bond motifs is 3. The largest absolute Gasteiger partial charge is 0.384 e. The molecule has 10 aromatic rings. The number of guanidine groups is 1. The molecule has 0 radical (unpaired) electrons. The first-order valence-corrected chi connectivity index (χ1v) is 30.7. The molecule has 92 heavy (non-hydrogen) atoms. The van der Waals surface area contributed by atoms with E-state index < -0.39 is 0 Å². The Hall–Kier alpha value is -10.6. The highest BCUT2D eigenvalue weighted by molar-refractivity contribution is 6.32. The Morgan fingerprint density at radius 3 is 1.13 bits per heavy atom. The summed E-state index contributed by atoms with van der Waals surface area (Å²) in [6.07, 6.45) is 14.2. The van der Waals surface area contributed by atoms with Crippen molar-refractivity contribution in [3.05, 3.63) is 241 Å². The topological polar surface area (TPSA) is 284 Å². The minimum absolute atomic E-state index is 0.0321. The maximum atomic E-state index is 12.5. The van der Waals surface area contributed by atoms with E-state index in [1.54, 1.807) is 91.6 Å². The van der Waals surface area contributed by atoms with Gasteiger partial charge >= 0.3 is 0 Å². The number of nitrogens with zero attached hydrogens (tertiary/aromatic N) is 6. The normalized spacial score (nSPS) is 10.7. The average molecular weight is 1280 g/mol. The molecule has 0 fully saturated rings. The van der Waals surface area contributed by atoms with Crippen LogP contribution in [0.2, 0.25) is 15.1 Å². The number of carbonyl (C=O) groups excluding carboxylic acids is 3. The zero-order chi connectivity index (χ0) is 65.5. The molecule has 0 amide bonds. The fourth-order valence-electron chi connectivity index (χ4n) is 9.39. The second-order valence-corrected chi connectivity index (χ2v) is 23.0. The van der Waals surface area contributed by atoms with Crippen LogP contribution < -0.4 is 34.4 Å². The van der Waals surface area contributed by atoms with Crippen molar-refractivity contribution in [2.24, 2.45) is 33.1 Å². The Balaban J connectivity index is 0.000000178. The molecular weight excluding hydrogens is 1210 g/mol. The van der Waals surface area contributed by atoms with Crippen molar-refractivity contribution in [1.82, 2.24) is 19.9 Å². The predicted molar refractivity (Wildman–Crippen MR) is 376 cm³/mol. The van der Waals surface area contributed by atoms with E-state index in [0.717, 1.165) is 73.0 Å². The Kier molecular flexibility index (Phi) is 24.4. The maximum absolute atomic E-state index is 12.5. The van der Waals surface area contributed by atoms with E-state index in [-0.39, 0.29) is 23.3 Å². The lowest BCUT2D eigenvalue weighted by Gasteiger charge is -2.05. The van der Waals surface area contributed by atoms with Gasteiger partial charge in [-0.05, 0) is 110 Å². The minimum atomic E-state index is 0.0321. The number of amidine groups is 1. The fourth-order valence-corrected chi connectivity index (χ4v) is 9.90. The smallest absolute Gasteiger partial charge is 0.185 e. The molecule has 462 valence electrons. The second kappa shape index (κ2) is 33.3. The number of hydrogen-bond acceptors (Lipinski definition) is 12. The summed E-state index contributed by atoms with van der Waals surface area (Å²) in [5.41, 5.74) is 41.7. The van der Waals surface area contributed by atoms with Gasteiger partial charge < -0.3 is 34.4 Å². The van der Waals surface area contributed by atoms with Crippen LogP contribution in [-0.2, 0) is 0 Å². The molecule has 18 heteroatoms. The molecule has 0 spiro atoms. The monoisotopic (exact) mass is 1280 g/mol. The zero-order valence-corrected chi connectivity index (χ0v) is 53.1. The predicted octanol–water partition coefficient (Wildman–Crippen LogP) is 14.0. The van der Waals surface area contributed by atoms with Crippen LogP contribution in [0.1, 0.15) is 135 Å². The first-order valence-electron chi connectivity index (χ1n) is 29.6. The van der Waals surface area contributed by atoms with Gasteiger partial charge in [0.15, 0.2) is 23.3 Å². The van der Waals surface area contributed by atoms with Gasteiger partial charge in [-0.25, -0.2) is 15.0 Å². The summed E-state index contributed by atoms with van der Waals surface area (Å²) in [6, 6.07) is 41.9. The van der Waals surface area contributed by atoms with Gasteiger partial charge in [0.2, 0.25) is 0 Å². The van der Waals surface area contributed by atoms with Crippen LogP contribution in [0, 0.1) is 41.4 Å². The van der Waals surface area contributed by atoms with Crippen LogP contribution in [0.3, 0.4) is 0 Å². The highest BCUT2D eigenvalue weighted by Gasteiger charge is 2.12. The molecule has 6 aromatic carbocycles. The average Bonchev–Trinajstić information content (AvgIpc) is 0.877. The number of nitrogens with two attached hydrogens (primary N) is 6. The van der Waals surface area contributed by atoms with E-state index in [9.17, 15) is 14.4 Å². The molecular formula is C74H67Cl3N12O3. The third-order valence-electron chi connectivity index (χ3n) is 14.4. The third kappa shape index (κ3) is 19.7. The minimum Gasteiger partial charge on any atom is -0.384 e. The molecule has 15 nitrogen and oxygen atoms in total. The number of halogens is 3. The maximum Gasteiger partial charge on any atom is 0.185 e. The van der Waals surface area contributed by atoms with Crippen molar-refractivity contribution in [3.63, 3.8) is 0 Å². The van der Waals surface area contributed by atoms with Crippen molar-refractivity contribution in [1.29, 1.82) is 0 Å². The number of Topliss-reactive ketones (excluding diaryl/α,β-unsaturated/α-hetero) is 3. The highest BCUT2D eigenvalue weighted by atomic mass is 35.5. The number of carbonyl (C=O) groups is 3. The van der Waals surface area contributed by atoms with Gasteiger partial charge in [0.25, 0.3) is 0 Å². The molecule has 0 saturated heterocycles. The molecule has 4 heterocycles. The lowest BCUT2D eigenvalue weighted by Crippen LogP contribution is -2.23. The van der Waals surface area contributed by atoms with Crippen molar-refractivity contribution >= 4 is 114 Å². The summed E-state index contributed by atoms with van der Waals surface area (Å²) < 4.78 is 0. The Labute approximate surface area is 550 Å². The number of unbranched alkanes of at least 4 members (excludes halogenated alkanes) is 1. The van der Waals surface area contributed by atoms with Crippen LogP contribution in [0.15, 0.2) is 180 Å². The zero-order valence-electron chi connectivity index (χ0n) is 50.8. The summed E-state index contributed by atoms with van der Waals surface area (Å²) in [4.78, 5) is 61.9. The van der Waals surface area contributed by atoms with E-state index >= 15 is 0 Å². The van der Waals surface area contributed by atoms with Crippen LogP contribution in [0.5, 0.6) is 0 Å². The van der Waals surface area contributed by atoms with E-state index in [2.05, 4.69) is 79.3 Å². The summed E-state index contributed by atoms with van der Waals surface area (Å²) in [6.45, 7) is 5.33. The van der Waals surface area contributed by atoms with Gasteiger partial charge in [0.05, 0.1) is 16.7 Å². The van der Waals surface area contributed by atoms with Crippen molar-refractivity contribution in [3.8, 4) is 35.5 Å². The molecule has 0 saturated carbocycles. The van der Waals surface area contributed by atoms with Gasteiger partial charge in [-0.1, -0.05) is 152 Å². The Morgan fingerprint density at radius 2 is 0.783 bits per heavy atom. The summed E-state index contributed by atoms with van der Waals surface area (Å²) in [5.74, 6) is 21.1. The molecule has 0 bridgehead atoms. The molecule has 0 aliphatic carbocycles. The molecule has 0 unspecified atom stereocenters. The number of aliphatic imine (C=N–C) groups is 2. The molecule has 10 rings (SSSR count). The quantitative estimate of drug-likeness (QED) is 0.0163. The molecule has 0 atom stereocenters. The van der Waals surface area contributed by atoms with Gasteiger partial charge in [-0.2, -0.15) is 0 Å². The second-order valence-electron chi connectivity index (χ2n) is 21.7. The van der Waals surface area contributed by atoms with E-state index in [4.69, 9.17) is 69.2 Å². The number of anilines is 3. The summed E-state index contributed by atoms with van der Waals surface area (Å²) in [7, 11) is 0. The van der Waals surface area contributed by atoms with Gasteiger partial charge in [-0.3, -0.25) is 29.4 Å². The molecule has 4 aromatic heterocycles. The van der Waals surface area contributed by atoms with Gasteiger partial charge in [-0.15, -0.1) is 0 Å². The SMILES string of the molecule is CC(C)CCCCC(=O)c1ccc(C#Cc2c(N)ncc3ccc(Cl)cc23)cc1.NC(=NCCCC(=O)c1ccc(C#Cc2c(N)ncc3ccc(Cl)cc23)cc1)c1ccncc1.NC(N)=NCCCC(=O)c1ccc(C#Cc2c(N)ncc3ccc(Cl)cc23)cc1. The lowest BCUT2D eigenvalue weighted by molar-refractivity contribution is 0.0971. The van der Waals surface area contributed by atoms with Crippen LogP contribution in [0.4, 0.5) is 17.5 Å². The number of benzene rings is 6. The standard InChI is InChI=1S/C27H22ClN5O.C25H25ClN2O.C22H20ClN5O/c28-22-9-8-21-17-33-27(30)23(24(21)16-22)10-5-18-3-6-19(7-4-18)25(34)2-1-13-32-26(29)20-11-14-31-15-12-20;1-17(2)5-3-4-6-24(29)19-10-7-18(8-11-19)9-14-22-23-15-21(26)13-12-20(23)16-28-25(22)27;23-17-9-8-16-13-28-21(24)18(19(16)12-17)10-5-14-3-6-15(7-4-14)20(29)2-1-11-27-22(25)26/h3-4,6-9,11-12,14-17H,1-2,13H2,(H2,29,32)(H2,30,33);7-8,10-13,15-17H,3-6H2,1-2H3,(H2,27,28);3-4,6-9,12-13H,1-2,11H2,(H2,24,28)(H4,25,26,27). The highest BCUT2D eigenvalue weighted by Crippen LogP contribution is 2.28. The van der Waals surface area contributed by atoms with Crippen molar-refractivity contribution in [2.75, 3.05) is 30.3 Å². The molecule has 0 aliphatic rings. The number of nitrogen functional groups attached to an aromatic ring is 3. The van der Waals surface area contributed by atoms with Crippen LogP contribution in [0.25, 0.3) is 32.3 Å². The van der Waals surface area contributed by atoms with Crippen LogP contribution in [-0.4, -0.2) is 62.2 Å². The fraction of sp³-hybridized carbons (Fsp3) is 0.176. The van der Waals surface area contributed by atoms with E-state index in [1.807, 2.05) is 78.9 Å². The molecule has 0 aliphatic heterocycles. The van der Waals surface area contributed by atoms with Gasteiger partial charge in [0.1, 0.15) is 23.3 Å². The van der Waals surface area contributed by atoms with E-state index in [1.165, 1.54) is 6.42 Å². The van der Waals surface area contributed by atoms with Crippen molar-refractivity contribution < 1.29 is 14.4 Å². The first-order chi connectivity index (χ1) is 44.4. The number of hydrogen-bond donors (Lipinski definition) is 6. The number of rotatable bonds is 17. The third-order valence-corrected chi connectivity index (χ3v) is 15.1. The summed E-state index contributed by atoms with van der Waals surface area (Å²) >= 11 is 18.4. The number of pyridine rings is 4. The van der Waals surface area contributed by atoms with Crippen molar-refractivity contribution in [2.45, 2.75) is 65.2 Å². The Bertz CT molecular complexity index is 4540. The van der Waals surface area contributed by atoms with E-state index in [0.29, 0.717) is 117 Å². The first kappa shape index (κ1) is 67.3.